The summed E-state index contributed by atoms with van der Waals surface area (Å²) in [6.07, 6.45) is 1.56. The zero-order valence-electron chi connectivity index (χ0n) is 21.7. The van der Waals surface area contributed by atoms with Gasteiger partial charge >= 0.3 is 0 Å². The minimum atomic E-state index is -4.23. The molecular weight excluding hydrogens is 587 g/mol. The number of anilines is 2. The molecule has 0 bridgehead atoms. The highest BCUT2D eigenvalue weighted by Crippen LogP contribution is 2.50. The fraction of sp³-hybridized carbons (Fsp3) is 0.269. The average molecular weight is 614 g/mol. The Bertz CT molecular complexity index is 1660. The van der Waals surface area contributed by atoms with Crippen LogP contribution in [0.25, 0.3) is 0 Å². The van der Waals surface area contributed by atoms with Crippen LogP contribution in [0.1, 0.15) is 23.6 Å². The van der Waals surface area contributed by atoms with Gasteiger partial charge in [0.25, 0.3) is 0 Å². The number of fused-ring (bicyclic) bond motifs is 1. The second kappa shape index (κ2) is 10.2. The third-order valence-electron chi connectivity index (χ3n) is 6.59. The molecule has 0 radical (unpaired) electrons. The highest BCUT2D eigenvalue weighted by atomic mass is 35.5. The molecule has 0 saturated carbocycles. The fourth-order valence-electron chi connectivity index (χ4n) is 4.85. The first-order valence-corrected chi connectivity index (χ1v) is 15.9. The third kappa shape index (κ3) is 5.16. The molecule has 3 aromatic carbocycles. The number of hydrogen-bond donors (Lipinski definition) is 0. The number of sulfonamides is 2. The van der Waals surface area contributed by atoms with Crippen LogP contribution in [0, 0.1) is 0 Å². The molecule has 4 rings (SSSR count). The summed E-state index contributed by atoms with van der Waals surface area (Å²) in [5.41, 5.74) is 0.403. The van der Waals surface area contributed by atoms with Crippen molar-refractivity contribution in [3.05, 3.63) is 81.3 Å². The molecule has 3 aromatic rings. The van der Waals surface area contributed by atoms with E-state index in [1.807, 2.05) is 0 Å². The van der Waals surface area contributed by atoms with Gasteiger partial charge in [0.2, 0.25) is 26.0 Å². The van der Waals surface area contributed by atoms with Crippen LogP contribution >= 0.6 is 23.2 Å². The first-order valence-electron chi connectivity index (χ1n) is 11.5. The lowest BCUT2D eigenvalue weighted by molar-refractivity contribution is -0.121. The van der Waals surface area contributed by atoms with Gasteiger partial charge in [-0.05, 0) is 66.6 Å². The Morgan fingerprint density at radius 1 is 0.872 bits per heavy atom. The summed E-state index contributed by atoms with van der Waals surface area (Å²) >= 11 is 13.0. The van der Waals surface area contributed by atoms with Crippen LogP contribution in [-0.2, 0) is 36.8 Å². The van der Waals surface area contributed by atoms with Crippen LogP contribution in [0.3, 0.4) is 0 Å². The summed E-state index contributed by atoms with van der Waals surface area (Å²) < 4.78 is 60.9. The maximum Gasteiger partial charge on any atom is 0.245 e. The maximum atomic E-state index is 14.3. The van der Waals surface area contributed by atoms with Gasteiger partial charge in [0.15, 0.2) is 0 Å². The smallest absolute Gasteiger partial charge is 0.245 e. The number of methoxy groups -OCH3 is 2. The molecule has 0 spiro atoms. The Morgan fingerprint density at radius 2 is 1.54 bits per heavy atom. The van der Waals surface area contributed by atoms with Crippen molar-refractivity contribution in [2.24, 2.45) is 0 Å². The van der Waals surface area contributed by atoms with Crippen LogP contribution in [-0.4, -0.2) is 49.5 Å². The van der Waals surface area contributed by atoms with Gasteiger partial charge in [-0.15, -0.1) is 0 Å². The molecule has 0 aromatic heterocycles. The number of carbonyl (C=O) groups is 1. The Kier molecular flexibility index (Phi) is 7.59. The van der Waals surface area contributed by atoms with Crippen LogP contribution in [0.5, 0.6) is 11.5 Å². The number of amides is 1. The summed E-state index contributed by atoms with van der Waals surface area (Å²) in [6.45, 7) is 1.78. The van der Waals surface area contributed by atoms with E-state index in [-0.39, 0.29) is 28.7 Å². The average Bonchev–Trinajstić information content (AvgIpc) is 3.05. The number of benzene rings is 3. The van der Waals surface area contributed by atoms with Crippen LogP contribution in [0.4, 0.5) is 11.4 Å². The van der Waals surface area contributed by atoms with E-state index in [4.69, 9.17) is 32.7 Å². The summed E-state index contributed by atoms with van der Waals surface area (Å²) in [4.78, 5) is 15.8. The number of carbonyl (C=O) groups excluding carboxylic acids is 1. The third-order valence-corrected chi connectivity index (χ3v) is 10.4. The second-order valence-corrected chi connectivity index (χ2v) is 14.0. The molecule has 1 aliphatic rings. The number of rotatable bonds is 8. The van der Waals surface area contributed by atoms with Crippen LogP contribution in [0.15, 0.2) is 54.6 Å². The topological polar surface area (TPSA) is 110 Å². The molecule has 0 saturated heterocycles. The van der Waals surface area contributed by atoms with E-state index in [9.17, 15) is 21.6 Å². The lowest BCUT2D eigenvalue weighted by Crippen LogP contribution is -2.39. The van der Waals surface area contributed by atoms with Gasteiger partial charge < -0.3 is 14.4 Å². The molecule has 0 fully saturated rings. The normalized spacial score (nSPS) is 17.2. The Labute approximate surface area is 237 Å². The van der Waals surface area contributed by atoms with Gasteiger partial charge in [-0.25, -0.2) is 16.8 Å². The highest BCUT2D eigenvalue weighted by Gasteiger charge is 2.50. The predicted octanol–water partition coefficient (Wildman–Crippen LogP) is 4.59. The zero-order chi connectivity index (χ0) is 28.9. The zero-order valence-corrected chi connectivity index (χ0v) is 24.9. The van der Waals surface area contributed by atoms with Crippen molar-refractivity contribution in [1.29, 1.82) is 0 Å². The van der Waals surface area contributed by atoms with Gasteiger partial charge in [-0.3, -0.25) is 4.79 Å². The van der Waals surface area contributed by atoms with Crippen molar-refractivity contribution >= 4 is 60.5 Å². The fourth-order valence-corrected chi connectivity index (χ4v) is 8.29. The van der Waals surface area contributed by atoms with Crippen LogP contribution < -0.4 is 18.1 Å². The van der Waals surface area contributed by atoms with Gasteiger partial charge in [0, 0.05) is 27.4 Å². The number of hydrogen-bond acceptors (Lipinski definition) is 7. The van der Waals surface area contributed by atoms with Gasteiger partial charge in [0.05, 0.1) is 39.0 Å². The molecule has 0 aliphatic carbocycles. The SMILES string of the molecule is COc1ccc(CN2C(=O)C(C)(c3cc(N(S(C)(=O)=O)S(C)(=O)=O)ccc3Cl)c3cc(Cl)ccc32)c(OC)c1. The maximum absolute atomic E-state index is 14.3. The molecule has 1 unspecified atom stereocenters. The summed E-state index contributed by atoms with van der Waals surface area (Å²) in [6, 6.07) is 14.2. The van der Waals surface area contributed by atoms with E-state index in [2.05, 4.69) is 0 Å². The van der Waals surface area contributed by atoms with Crippen molar-refractivity contribution in [2.45, 2.75) is 18.9 Å². The largest absolute Gasteiger partial charge is 0.497 e. The molecule has 1 aliphatic heterocycles. The van der Waals surface area contributed by atoms with E-state index >= 15 is 0 Å². The molecule has 39 heavy (non-hydrogen) atoms. The van der Waals surface area contributed by atoms with Crippen molar-refractivity contribution in [3.63, 3.8) is 0 Å². The Hall–Kier alpha value is -2.99. The quantitative estimate of drug-likeness (QED) is 0.366. The summed E-state index contributed by atoms with van der Waals surface area (Å²) in [5, 5.41) is 0.518. The standard InChI is InChI=1S/C26H26Cl2N2O7S2/c1-26(20-13-18(8-10-22(20)28)30(38(4,32)33)39(5,34)35)21-12-17(27)7-11-23(21)29(25(26)31)15-16-6-9-19(36-2)14-24(16)37-3/h6-14H,15H2,1-5H3. The first kappa shape index (κ1) is 29.0. The van der Waals surface area contributed by atoms with E-state index in [1.54, 1.807) is 48.2 Å². The lowest BCUT2D eigenvalue weighted by atomic mass is 9.77. The molecule has 208 valence electrons. The summed E-state index contributed by atoms with van der Waals surface area (Å²) in [7, 11) is -5.41. The molecule has 1 amide bonds. The number of ether oxygens (including phenoxy) is 2. The molecule has 0 N–H and O–H groups in total. The number of halogens is 2. The summed E-state index contributed by atoms with van der Waals surface area (Å²) in [5.74, 6) is 0.732. The van der Waals surface area contributed by atoms with Gasteiger partial charge in [0.1, 0.15) is 16.9 Å². The molecule has 9 nitrogen and oxygen atoms in total. The number of nitrogens with zero attached hydrogens (tertiary/aromatic N) is 2. The molecule has 13 heteroatoms. The van der Waals surface area contributed by atoms with Crippen LogP contribution in [0.2, 0.25) is 10.0 Å². The van der Waals surface area contributed by atoms with E-state index in [0.29, 0.717) is 37.0 Å². The molecule has 1 atom stereocenters. The van der Waals surface area contributed by atoms with Gasteiger partial charge in [-0.2, -0.15) is 3.71 Å². The minimum Gasteiger partial charge on any atom is -0.497 e. The minimum absolute atomic E-state index is 0.131. The highest BCUT2D eigenvalue weighted by molar-refractivity contribution is 8.09. The van der Waals surface area contributed by atoms with Crippen molar-refractivity contribution in [3.8, 4) is 11.5 Å². The Balaban J connectivity index is 1.91. The van der Waals surface area contributed by atoms with Gasteiger partial charge in [-0.1, -0.05) is 23.2 Å². The molecule has 1 heterocycles. The van der Waals surface area contributed by atoms with E-state index < -0.39 is 25.5 Å². The molecular formula is C26H26Cl2N2O7S2. The first-order chi connectivity index (χ1) is 18.1. The second-order valence-electron chi connectivity index (χ2n) is 9.24. The van der Waals surface area contributed by atoms with E-state index in [0.717, 1.165) is 12.5 Å². The van der Waals surface area contributed by atoms with Crippen molar-refractivity contribution < 1.29 is 31.1 Å². The van der Waals surface area contributed by atoms with E-state index in [1.165, 1.54) is 32.4 Å². The van der Waals surface area contributed by atoms with Crippen molar-refractivity contribution in [1.82, 2.24) is 0 Å². The predicted molar refractivity (Wildman–Crippen MR) is 152 cm³/mol. The van der Waals surface area contributed by atoms with Crippen molar-refractivity contribution in [2.75, 3.05) is 35.3 Å². The lowest BCUT2D eigenvalue weighted by Gasteiger charge is -2.28. The monoisotopic (exact) mass is 612 g/mol. The Morgan fingerprint density at radius 3 is 2.13 bits per heavy atom.